The molecule has 0 unspecified atom stereocenters. The van der Waals surface area contributed by atoms with Crippen molar-refractivity contribution < 1.29 is 0 Å². The number of benzene rings is 12. The maximum atomic E-state index is 2.42. The molecule has 12 aromatic rings. The number of nitrogens with zero attached hydrogens (tertiary/aromatic N) is 1. The van der Waals surface area contributed by atoms with Gasteiger partial charge in [0.25, 0.3) is 0 Å². The predicted molar refractivity (Wildman–Crippen MR) is 262 cm³/mol. The van der Waals surface area contributed by atoms with E-state index in [2.05, 4.69) is 241 Å². The summed E-state index contributed by atoms with van der Waals surface area (Å²) in [6.45, 7) is 0. The van der Waals surface area contributed by atoms with E-state index in [-0.39, 0.29) is 0 Å². The Bertz CT molecular complexity index is 3520. The van der Waals surface area contributed by atoms with Crippen LogP contribution < -0.4 is 4.90 Å². The molecule has 0 aliphatic heterocycles. The highest BCUT2D eigenvalue weighted by Gasteiger charge is 2.20. The van der Waals surface area contributed by atoms with E-state index in [9.17, 15) is 0 Å². The first-order valence-electron chi connectivity index (χ1n) is 21.1. The molecule has 1 heteroatoms. The second-order valence-electron chi connectivity index (χ2n) is 16.1. The summed E-state index contributed by atoms with van der Waals surface area (Å²) in [7, 11) is 0. The molecule has 0 atom stereocenters. The number of hydrogen-bond acceptors (Lipinski definition) is 1. The Morgan fingerprint density at radius 1 is 0.197 bits per heavy atom. The van der Waals surface area contributed by atoms with Crippen LogP contribution in [-0.2, 0) is 0 Å². The van der Waals surface area contributed by atoms with Crippen molar-refractivity contribution in [2.75, 3.05) is 4.90 Å². The van der Waals surface area contributed by atoms with Gasteiger partial charge in [-0.15, -0.1) is 0 Å². The van der Waals surface area contributed by atoms with Crippen LogP contribution in [-0.4, -0.2) is 0 Å². The summed E-state index contributed by atoms with van der Waals surface area (Å²) in [6.07, 6.45) is 0. The van der Waals surface area contributed by atoms with Crippen molar-refractivity contribution in [2.24, 2.45) is 0 Å². The van der Waals surface area contributed by atoms with Gasteiger partial charge >= 0.3 is 0 Å². The second kappa shape index (κ2) is 14.4. The van der Waals surface area contributed by atoms with Crippen molar-refractivity contribution in [3.8, 4) is 33.4 Å². The molecule has 0 saturated heterocycles. The summed E-state index contributed by atoms with van der Waals surface area (Å²) in [5.74, 6) is 0. The lowest BCUT2D eigenvalue weighted by atomic mass is 9.84. The van der Waals surface area contributed by atoms with Crippen LogP contribution in [0.4, 0.5) is 17.1 Å². The highest BCUT2D eigenvalue weighted by Crippen LogP contribution is 2.46. The summed E-state index contributed by atoms with van der Waals surface area (Å²) < 4.78 is 0. The quantitative estimate of drug-likeness (QED) is 0.152. The third kappa shape index (κ3) is 5.93. The van der Waals surface area contributed by atoms with Crippen molar-refractivity contribution in [3.63, 3.8) is 0 Å². The van der Waals surface area contributed by atoms with Crippen molar-refractivity contribution in [3.05, 3.63) is 237 Å². The van der Waals surface area contributed by atoms with Crippen molar-refractivity contribution >= 4 is 81.7 Å². The Hall–Kier alpha value is -8.00. The minimum atomic E-state index is 1.10. The van der Waals surface area contributed by atoms with Crippen LogP contribution in [0, 0.1) is 0 Å². The SMILES string of the molecule is c1ccc(-c2c(-c3ccccc3)c3cc(-c4cccc(N(c5ccc6c(ccc7ccccc76)c5)c5ccc6c(ccc7ccccc76)c5)c4)ccc3c3ccccc23)cc1. The molecule has 1 nitrogen and oxygen atoms in total. The number of rotatable bonds is 6. The van der Waals surface area contributed by atoms with Gasteiger partial charge in [-0.3, -0.25) is 0 Å². The van der Waals surface area contributed by atoms with Crippen LogP contribution in [0.2, 0.25) is 0 Å². The maximum absolute atomic E-state index is 2.42. The standard InChI is InChI=1S/C60H39N/c1-3-16-42(17-4-1)59-57-25-12-11-24-55(57)56-33-30-45(39-58(56)60(59)43-18-5-2-6-19-43)44-20-13-21-48(36-44)61(49-31-34-53-46(37-49)28-26-40-14-7-9-22-51(40)53)50-32-35-54-47(38-50)29-27-41-15-8-10-23-52(41)54/h1-39H. The first kappa shape index (κ1) is 35.0. The molecule has 0 aromatic heterocycles. The van der Waals surface area contributed by atoms with Gasteiger partial charge in [0.2, 0.25) is 0 Å². The highest BCUT2D eigenvalue weighted by molar-refractivity contribution is 6.22. The van der Waals surface area contributed by atoms with Gasteiger partial charge in [-0.1, -0.05) is 194 Å². The third-order valence-electron chi connectivity index (χ3n) is 12.6. The van der Waals surface area contributed by atoms with Crippen LogP contribution in [0.5, 0.6) is 0 Å². The molecule has 0 amide bonds. The fourth-order valence-corrected chi connectivity index (χ4v) is 9.73. The molecule has 0 spiro atoms. The molecule has 0 aliphatic carbocycles. The van der Waals surface area contributed by atoms with Crippen molar-refractivity contribution in [1.82, 2.24) is 0 Å². The average Bonchev–Trinajstić information content (AvgIpc) is 3.34. The van der Waals surface area contributed by atoms with Gasteiger partial charge in [0.15, 0.2) is 0 Å². The zero-order valence-corrected chi connectivity index (χ0v) is 33.5. The predicted octanol–water partition coefficient (Wildman–Crippen LogP) is 17.1. The van der Waals surface area contributed by atoms with Crippen LogP contribution in [0.1, 0.15) is 0 Å². The Kier molecular flexibility index (Phi) is 8.25. The van der Waals surface area contributed by atoms with E-state index in [1.807, 2.05) is 0 Å². The van der Waals surface area contributed by atoms with E-state index in [1.54, 1.807) is 0 Å². The van der Waals surface area contributed by atoms with E-state index in [1.165, 1.54) is 92.5 Å². The first-order valence-corrected chi connectivity index (χ1v) is 21.1. The van der Waals surface area contributed by atoms with Crippen LogP contribution >= 0.6 is 0 Å². The summed E-state index contributed by atoms with van der Waals surface area (Å²) in [4.78, 5) is 2.42. The van der Waals surface area contributed by atoms with Gasteiger partial charge in [-0.2, -0.15) is 0 Å². The normalized spacial score (nSPS) is 11.6. The topological polar surface area (TPSA) is 3.24 Å². The van der Waals surface area contributed by atoms with Crippen molar-refractivity contribution in [1.29, 1.82) is 0 Å². The fraction of sp³-hybridized carbons (Fsp3) is 0. The van der Waals surface area contributed by atoms with Crippen LogP contribution in [0.15, 0.2) is 237 Å². The Morgan fingerprint density at radius 2 is 0.607 bits per heavy atom. The molecule has 0 N–H and O–H groups in total. The molecule has 0 fully saturated rings. The maximum Gasteiger partial charge on any atom is 0.0468 e. The molecule has 284 valence electrons. The van der Waals surface area contributed by atoms with Crippen molar-refractivity contribution in [2.45, 2.75) is 0 Å². The monoisotopic (exact) mass is 773 g/mol. The minimum absolute atomic E-state index is 1.10. The van der Waals surface area contributed by atoms with Gasteiger partial charge in [0.1, 0.15) is 0 Å². The smallest absolute Gasteiger partial charge is 0.0468 e. The Balaban J connectivity index is 1.07. The summed E-state index contributed by atoms with van der Waals surface area (Å²) >= 11 is 0. The Morgan fingerprint density at radius 3 is 1.21 bits per heavy atom. The molecule has 0 heterocycles. The van der Waals surface area contributed by atoms with Gasteiger partial charge < -0.3 is 4.90 Å². The molecule has 0 radical (unpaired) electrons. The van der Waals surface area contributed by atoms with E-state index in [4.69, 9.17) is 0 Å². The minimum Gasteiger partial charge on any atom is -0.310 e. The number of anilines is 3. The number of fused-ring (bicyclic) bond motifs is 9. The third-order valence-corrected chi connectivity index (χ3v) is 12.6. The molecular formula is C60H39N. The molecular weight excluding hydrogens is 735 g/mol. The van der Waals surface area contributed by atoms with E-state index < -0.39 is 0 Å². The Labute approximate surface area is 355 Å². The molecule has 61 heavy (non-hydrogen) atoms. The summed E-state index contributed by atoms with van der Waals surface area (Å²) in [6, 6.07) is 86.9. The second-order valence-corrected chi connectivity index (χ2v) is 16.1. The lowest BCUT2D eigenvalue weighted by Gasteiger charge is -2.27. The lowest BCUT2D eigenvalue weighted by Crippen LogP contribution is -2.10. The largest absolute Gasteiger partial charge is 0.310 e. The van der Waals surface area contributed by atoms with E-state index in [0.717, 1.165) is 22.6 Å². The number of hydrogen-bond donors (Lipinski definition) is 0. The zero-order valence-electron chi connectivity index (χ0n) is 33.5. The lowest BCUT2D eigenvalue weighted by molar-refractivity contribution is 1.29. The zero-order chi connectivity index (χ0) is 40.3. The molecule has 0 saturated carbocycles. The van der Waals surface area contributed by atoms with Crippen LogP contribution in [0.25, 0.3) is 98.0 Å². The van der Waals surface area contributed by atoms with Crippen LogP contribution in [0.3, 0.4) is 0 Å². The molecule has 0 bridgehead atoms. The molecule has 0 aliphatic rings. The summed E-state index contributed by atoms with van der Waals surface area (Å²) in [5, 5.41) is 15.0. The highest BCUT2D eigenvalue weighted by atomic mass is 15.1. The fourth-order valence-electron chi connectivity index (χ4n) is 9.73. The average molecular weight is 774 g/mol. The molecule has 12 aromatic carbocycles. The van der Waals surface area contributed by atoms with E-state index in [0.29, 0.717) is 0 Å². The van der Waals surface area contributed by atoms with Gasteiger partial charge in [0.05, 0.1) is 0 Å². The molecule has 12 rings (SSSR count). The van der Waals surface area contributed by atoms with E-state index >= 15 is 0 Å². The van der Waals surface area contributed by atoms with Gasteiger partial charge in [-0.05, 0) is 140 Å². The van der Waals surface area contributed by atoms with Gasteiger partial charge in [-0.25, -0.2) is 0 Å². The summed E-state index contributed by atoms with van der Waals surface area (Å²) in [5.41, 5.74) is 10.6. The van der Waals surface area contributed by atoms with Gasteiger partial charge in [0, 0.05) is 17.1 Å². The first-order chi connectivity index (χ1) is 30.2.